The smallest absolute Gasteiger partial charge is 0.308 e. The zero-order valence-electron chi connectivity index (χ0n) is 17.3. The summed E-state index contributed by atoms with van der Waals surface area (Å²) >= 11 is 7.28. The average molecular weight is 570 g/mol. The minimum Gasteiger partial charge on any atom is -0.456 e. The van der Waals surface area contributed by atoms with Gasteiger partial charge in [0.25, 0.3) is 5.91 Å². The first-order chi connectivity index (χ1) is 15.2. The minimum atomic E-state index is -0.671. The third-order valence-corrected chi connectivity index (χ3v) is 9.74. The van der Waals surface area contributed by atoms with Gasteiger partial charge in [0.2, 0.25) is 11.8 Å². The number of imide groups is 1. The van der Waals surface area contributed by atoms with E-state index in [1.54, 1.807) is 18.2 Å². The highest BCUT2D eigenvalue weighted by atomic mass is 79.9. The Hall–Kier alpha value is -2.07. The van der Waals surface area contributed by atoms with E-state index < -0.39 is 18.5 Å². The summed E-state index contributed by atoms with van der Waals surface area (Å²) in [7, 11) is 0. The van der Waals surface area contributed by atoms with Gasteiger partial charge in [-0.3, -0.25) is 28.9 Å². The van der Waals surface area contributed by atoms with Gasteiger partial charge in [0.1, 0.15) is 0 Å². The number of likely N-dealkylation sites (tertiary alicyclic amines) is 1. The molecule has 2 saturated carbocycles. The van der Waals surface area contributed by atoms with Crippen molar-refractivity contribution in [1.82, 2.24) is 4.90 Å². The summed E-state index contributed by atoms with van der Waals surface area (Å²) in [5.74, 6) is -2.19. The van der Waals surface area contributed by atoms with E-state index in [4.69, 9.17) is 4.74 Å². The summed E-state index contributed by atoms with van der Waals surface area (Å²) < 4.78 is 4.98. The molecule has 2 bridgehead atoms. The van der Waals surface area contributed by atoms with E-state index >= 15 is 0 Å². The van der Waals surface area contributed by atoms with E-state index in [1.807, 2.05) is 0 Å². The Morgan fingerprint density at radius 1 is 1.09 bits per heavy atom. The number of alkyl halides is 2. The monoisotopic (exact) mass is 568 g/mol. The molecule has 3 fully saturated rings. The van der Waals surface area contributed by atoms with E-state index in [1.165, 1.54) is 17.9 Å². The third-order valence-electron chi connectivity index (χ3n) is 6.54. The van der Waals surface area contributed by atoms with Gasteiger partial charge in [-0.25, -0.2) is 0 Å². The number of carbonyl (C=O) groups is 5. The first kappa shape index (κ1) is 23.1. The number of halogens is 2. The molecule has 3 aliphatic rings. The van der Waals surface area contributed by atoms with Crippen molar-refractivity contribution in [3.05, 3.63) is 29.8 Å². The molecular weight excluding hydrogens is 548 g/mol. The highest BCUT2D eigenvalue weighted by molar-refractivity contribution is 9.12. The molecule has 3 amide bonds. The van der Waals surface area contributed by atoms with Gasteiger partial charge in [-0.2, -0.15) is 0 Å². The van der Waals surface area contributed by atoms with Crippen LogP contribution in [0.3, 0.4) is 0 Å². The predicted octanol–water partition coefficient (Wildman–Crippen LogP) is 2.54. The lowest BCUT2D eigenvalue weighted by Gasteiger charge is -2.28. The van der Waals surface area contributed by atoms with E-state index in [-0.39, 0.29) is 63.9 Å². The molecule has 1 heterocycles. The minimum absolute atomic E-state index is 0.0505. The molecule has 1 aliphatic heterocycles. The van der Waals surface area contributed by atoms with Gasteiger partial charge in [-0.15, -0.1) is 0 Å². The lowest BCUT2D eigenvalue weighted by molar-refractivity contribution is -0.149. The summed E-state index contributed by atoms with van der Waals surface area (Å²) in [5.41, 5.74) is 0.874. The molecule has 10 heteroatoms. The number of Topliss-reactive ketones (excluding diaryl/α,β-unsaturated/α-hetero) is 1. The summed E-state index contributed by atoms with van der Waals surface area (Å²) in [6.45, 7) is 0.870. The number of fused-ring (bicyclic) bond motifs is 5. The van der Waals surface area contributed by atoms with Gasteiger partial charge in [0.15, 0.2) is 12.4 Å². The second-order valence-corrected chi connectivity index (χ2v) is 10.5. The van der Waals surface area contributed by atoms with E-state index in [0.29, 0.717) is 11.3 Å². The fraction of sp³-hybridized carbons (Fsp3) is 0.500. The van der Waals surface area contributed by atoms with Crippen LogP contribution in [0.4, 0.5) is 5.69 Å². The van der Waals surface area contributed by atoms with Crippen LogP contribution in [0.2, 0.25) is 0 Å². The third kappa shape index (κ3) is 4.14. The van der Waals surface area contributed by atoms with Crippen LogP contribution < -0.4 is 5.32 Å². The maximum Gasteiger partial charge on any atom is 0.308 e. The van der Waals surface area contributed by atoms with E-state index in [2.05, 4.69) is 37.2 Å². The number of hydrogen-bond donors (Lipinski definition) is 1. The molecule has 0 aromatic heterocycles. The van der Waals surface area contributed by atoms with Gasteiger partial charge >= 0.3 is 5.97 Å². The number of nitrogens with zero attached hydrogens (tertiary/aromatic N) is 1. The summed E-state index contributed by atoms with van der Waals surface area (Å²) in [6.07, 6.45) is 0.674. The molecule has 4 rings (SSSR count). The number of ether oxygens (including phenoxy) is 1. The number of amides is 3. The van der Waals surface area contributed by atoms with Gasteiger partial charge in [0, 0.05) is 27.4 Å². The highest BCUT2D eigenvalue weighted by Gasteiger charge is 2.66. The van der Waals surface area contributed by atoms with Crippen molar-refractivity contribution in [2.75, 3.05) is 18.5 Å². The number of ketones is 1. The molecule has 1 saturated heterocycles. The highest BCUT2D eigenvalue weighted by Crippen LogP contribution is 2.60. The number of anilines is 1. The standard InChI is InChI=1S/C22H22Br2N2O6/c1-10(27)11-3-2-4-12(7-11)25-15(28)9-32-16(29)5-6-26-21(30)17-13-8-14(18(17)22(26)31)20(24)19(13)23/h2-4,7,13-14,17-20H,5-6,8-9H2,1H3,(H,25,28)/t13-,14-,17-,18-,19+,20+/m1/s1. The van der Waals surface area contributed by atoms with Crippen LogP contribution >= 0.6 is 31.9 Å². The molecule has 8 nitrogen and oxygen atoms in total. The number of esters is 1. The first-order valence-electron chi connectivity index (χ1n) is 10.4. The SMILES string of the molecule is CC(=O)c1cccc(NC(=O)COC(=O)CCN2C(=O)[C@@H]3[C@H]4C[C@@H]([C@H](Br)[C@H]4Br)[C@H]3C2=O)c1. The Bertz CT molecular complexity index is 966. The van der Waals surface area contributed by atoms with Crippen molar-refractivity contribution in [3.63, 3.8) is 0 Å². The lowest BCUT2D eigenvalue weighted by atomic mass is 9.81. The van der Waals surface area contributed by atoms with Crippen LogP contribution in [0.5, 0.6) is 0 Å². The van der Waals surface area contributed by atoms with Crippen LogP contribution in [-0.2, 0) is 23.9 Å². The lowest BCUT2D eigenvalue weighted by Crippen LogP contribution is -2.37. The Morgan fingerprint density at radius 2 is 1.72 bits per heavy atom. The Kier molecular flexibility index (Phi) is 6.53. The van der Waals surface area contributed by atoms with Crippen LogP contribution in [0, 0.1) is 23.7 Å². The zero-order chi connectivity index (χ0) is 23.2. The van der Waals surface area contributed by atoms with E-state index in [0.717, 1.165) is 6.42 Å². The Morgan fingerprint density at radius 3 is 2.31 bits per heavy atom. The molecule has 32 heavy (non-hydrogen) atoms. The quantitative estimate of drug-likeness (QED) is 0.234. The Labute approximate surface area is 201 Å². The molecule has 170 valence electrons. The maximum atomic E-state index is 12.8. The molecule has 1 aromatic carbocycles. The van der Waals surface area contributed by atoms with Crippen molar-refractivity contribution in [1.29, 1.82) is 0 Å². The topological polar surface area (TPSA) is 110 Å². The average Bonchev–Trinajstić information content (AvgIpc) is 3.36. The number of benzene rings is 1. The normalized spacial score (nSPS) is 30.4. The van der Waals surface area contributed by atoms with Crippen LogP contribution in [0.25, 0.3) is 0 Å². The van der Waals surface area contributed by atoms with Gasteiger partial charge in [-0.1, -0.05) is 44.0 Å². The number of carbonyl (C=O) groups excluding carboxylic acids is 5. The first-order valence-corrected chi connectivity index (χ1v) is 12.2. The second kappa shape index (κ2) is 9.05. The summed E-state index contributed by atoms with van der Waals surface area (Å²) in [5, 5.41) is 2.56. The van der Waals surface area contributed by atoms with Gasteiger partial charge in [-0.05, 0) is 37.3 Å². The van der Waals surface area contributed by atoms with Gasteiger partial charge < -0.3 is 10.1 Å². The second-order valence-electron chi connectivity index (χ2n) is 8.43. The molecule has 1 N–H and O–H groups in total. The van der Waals surface area contributed by atoms with Gasteiger partial charge in [0.05, 0.1) is 18.3 Å². The Balaban J connectivity index is 1.25. The van der Waals surface area contributed by atoms with Crippen LogP contribution in [0.15, 0.2) is 24.3 Å². The molecule has 0 unspecified atom stereocenters. The van der Waals surface area contributed by atoms with Crippen molar-refractivity contribution in [3.8, 4) is 0 Å². The predicted molar refractivity (Wildman–Crippen MR) is 121 cm³/mol. The van der Waals surface area contributed by atoms with Crippen molar-refractivity contribution in [2.24, 2.45) is 23.7 Å². The number of hydrogen-bond acceptors (Lipinski definition) is 6. The fourth-order valence-electron chi connectivity index (χ4n) is 5.07. The van der Waals surface area contributed by atoms with Crippen LogP contribution in [-0.4, -0.2) is 57.2 Å². The molecule has 6 atom stereocenters. The maximum absolute atomic E-state index is 12.8. The number of nitrogens with one attached hydrogen (secondary N) is 1. The van der Waals surface area contributed by atoms with Crippen LogP contribution in [0.1, 0.15) is 30.1 Å². The molecule has 0 radical (unpaired) electrons. The molecule has 2 aliphatic carbocycles. The molecule has 1 aromatic rings. The van der Waals surface area contributed by atoms with Crippen molar-refractivity contribution in [2.45, 2.75) is 29.4 Å². The molecule has 0 spiro atoms. The number of rotatable bonds is 7. The van der Waals surface area contributed by atoms with Crippen molar-refractivity contribution >= 4 is 67.0 Å². The summed E-state index contributed by atoms with van der Waals surface area (Å²) in [4.78, 5) is 62.7. The molecular formula is C22H22Br2N2O6. The summed E-state index contributed by atoms with van der Waals surface area (Å²) in [6, 6.07) is 6.43. The van der Waals surface area contributed by atoms with E-state index in [9.17, 15) is 24.0 Å². The van der Waals surface area contributed by atoms with Crippen molar-refractivity contribution < 1.29 is 28.7 Å². The zero-order valence-corrected chi connectivity index (χ0v) is 20.4. The largest absolute Gasteiger partial charge is 0.456 e. The fourth-order valence-corrected chi connectivity index (χ4v) is 6.94.